The van der Waals surface area contributed by atoms with E-state index in [1.807, 2.05) is 20.8 Å². The highest BCUT2D eigenvalue weighted by Gasteiger charge is 2.41. The van der Waals surface area contributed by atoms with E-state index in [2.05, 4.69) is 24.8 Å². The molecule has 1 fully saturated rings. The van der Waals surface area contributed by atoms with Crippen molar-refractivity contribution in [3.8, 4) is 11.8 Å². The fourth-order valence-electron chi connectivity index (χ4n) is 3.89. The zero-order chi connectivity index (χ0) is 22.9. The molecule has 2 amide bonds. The molecule has 1 aromatic heterocycles. The van der Waals surface area contributed by atoms with Crippen molar-refractivity contribution < 1.29 is 19.5 Å². The number of likely N-dealkylation sites (tertiary alicyclic amines) is 1. The minimum absolute atomic E-state index is 0.0523. The molecule has 1 saturated heterocycles. The minimum atomic E-state index is -1.11. The van der Waals surface area contributed by atoms with Crippen LogP contribution in [0, 0.1) is 23.2 Å². The van der Waals surface area contributed by atoms with E-state index >= 15 is 0 Å². The van der Waals surface area contributed by atoms with Gasteiger partial charge in [-0.1, -0.05) is 23.5 Å². The van der Waals surface area contributed by atoms with Crippen molar-refractivity contribution in [1.82, 2.24) is 4.90 Å². The van der Waals surface area contributed by atoms with Gasteiger partial charge >= 0.3 is 5.97 Å². The van der Waals surface area contributed by atoms with Gasteiger partial charge in [-0.05, 0) is 59.4 Å². The molecule has 1 N–H and O–H groups in total. The molecule has 166 valence electrons. The third-order valence-corrected chi connectivity index (χ3v) is 6.69. The average molecular weight is 443 g/mol. The standard InChI is InChI=1S/C24H30N2O4S/c1-15-6-8-16(9-7-15)21(27)26(18-11-13-25(5)22(18)28)19-14-17(10-12-24(2,3)4)31-20(19)23(29)30/h6,14,16,18H,7-9,11,13H2,1-5H3,(H,29,30)/t16-,18+/m1/s1. The number of amides is 2. The van der Waals surface area contributed by atoms with Crippen molar-refractivity contribution in [3.05, 3.63) is 27.5 Å². The first kappa shape index (κ1) is 23.1. The van der Waals surface area contributed by atoms with Gasteiger partial charge < -0.3 is 10.0 Å². The van der Waals surface area contributed by atoms with Crippen LogP contribution in [-0.4, -0.2) is 47.4 Å². The number of aromatic carboxylic acids is 1. The molecule has 6 nitrogen and oxygen atoms in total. The summed E-state index contributed by atoms with van der Waals surface area (Å²) in [5.41, 5.74) is 1.31. The summed E-state index contributed by atoms with van der Waals surface area (Å²) in [6.07, 6.45) is 4.71. The highest BCUT2D eigenvalue weighted by Crippen LogP contribution is 2.36. The number of hydrogen-bond acceptors (Lipinski definition) is 4. The van der Waals surface area contributed by atoms with E-state index in [-0.39, 0.29) is 28.0 Å². The van der Waals surface area contributed by atoms with Crippen LogP contribution in [0.3, 0.4) is 0 Å². The Hall–Kier alpha value is -2.59. The quantitative estimate of drug-likeness (QED) is 0.561. The maximum absolute atomic E-state index is 13.6. The molecule has 0 saturated carbocycles. The van der Waals surface area contributed by atoms with Gasteiger partial charge in [-0.2, -0.15) is 0 Å². The summed E-state index contributed by atoms with van der Waals surface area (Å²) in [7, 11) is 1.71. The molecule has 31 heavy (non-hydrogen) atoms. The molecular weight excluding hydrogens is 412 g/mol. The van der Waals surface area contributed by atoms with Crippen molar-refractivity contribution >= 4 is 34.8 Å². The van der Waals surface area contributed by atoms with Crippen LogP contribution in [0.4, 0.5) is 5.69 Å². The lowest BCUT2D eigenvalue weighted by atomic mass is 9.88. The Kier molecular flexibility index (Phi) is 6.61. The van der Waals surface area contributed by atoms with Crippen molar-refractivity contribution in [1.29, 1.82) is 0 Å². The number of hydrogen-bond donors (Lipinski definition) is 1. The van der Waals surface area contributed by atoms with E-state index in [0.717, 1.165) is 17.8 Å². The summed E-state index contributed by atoms with van der Waals surface area (Å²) >= 11 is 1.06. The van der Waals surface area contributed by atoms with Gasteiger partial charge in [0.05, 0.1) is 10.6 Å². The summed E-state index contributed by atoms with van der Waals surface area (Å²) in [5.74, 6) is 4.48. The van der Waals surface area contributed by atoms with E-state index in [4.69, 9.17) is 0 Å². The normalized spacial score (nSPS) is 21.4. The number of rotatable bonds is 4. The largest absolute Gasteiger partial charge is 0.477 e. The summed E-state index contributed by atoms with van der Waals surface area (Å²) in [4.78, 5) is 42.3. The van der Waals surface area contributed by atoms with Crippen LogP contribution in [0.5, 0.6) is 0 Å². The number of carbonyl (C=O) groups is 3. The zero-order valence-electron chi connectivity index (χ0n) is 18.8. The van der Waals surface area contributed by atoms with Gasteiger partial charge in [-0.15, -0.1) is 11.3 Å². The van der Waals surface area contributed by atoms with Crippen LogP contribution in [-0.2, 0) is 9.59 Å². The third-order valence-electron chi connectivity index (χ3n) is 5.66. The Morgan fingerprint density at radius 1 is 1.29 bits per heavy atom. The predicted molar refractivity (Wildman–Crippen MR) is 122 cm³/mol. The molecule has 7 heteroatoms. The maximum Gasteiger partial charge on any atom is 0.348 e. The van der Waals surface area contributed by atoms with Gasteiger partial charge in [-0.3, -0.25) is 14.5 Å². The van der Waals surface area contributed by atoms with Crippen LogP contribution in [0.2, 0.25) is 0 Å². The third kappa shape index (κ3) is 5.19. The molecule has 1 aliphatic carbocycles. The Morgan fingerprint density at radius 3 is 2.52 bits per heavy atom. The number of nitrogens with zero attached hydrogens (tertiary/aromatic N) is 2. The molecule has 0 spiro atoms. The number of likely N-dealkylation sites (N-methyl/N-ethyl adjacent to an activating group) is 1. The molecule has 2 aliphatic rings. The molecule has 0 aromatic carbocycles. The van der Waals surface area contributed by atoms with Gasteiger partial charge in [-0.25, -0.2) is 4.79 Å². The van der Waals surface area contributed by atoms with Crippen molar-refractivity contribution in [2.24, 2.45) is 11.3 Å². The van der Waals surface area contributed by atoms with Crippen LogP contribution >= 0.6 is 11.3 Å². The first-order chi connectivity index (χ1) is 14.5. The molecule has 0 bridgehead atoms. The SMILES string of the molecule is CC1=CC[C@@H](C(=O)N(c2cc(C#CC(C)(C)C)sc2C(=O)O)[C@H]2CCN(C)C2=O)CC1. The van der Waals surface area contributed by atoms with E-state index in [1.165, 1.54) is 10.5 Å². The summed E-state index contributed by atoms with van der Waals surface area (Å²) < 4.78 is 0. The minimum Gasteiger partial charge on any atom is -0.477 e. The molecule has 0 radical (unpaired) electrons. The maximum atomic E-state index is 13.6. The highest BCUT2D eigenvalue weighted by molar-refractivity contribution is 7.15. The van der Waals surface area contributed by atoms with Gasteiger partial charge in [0.2, 0.25) is 11.8 Å². The Bertz CT molecular complexity index is 989. The fourth-order valence-corrected chi connectivity index (χ4v) is 4.74. The van der Waals surface area contributed by atoms with Crippen molar-refractivity contribution in [2.75, 3.05) is 18.5 Å². The van der Waals surface area contributed by atoms with Crippen molar-refractivity contribution in [3.63, 3.8) is 0 Å². The first-order valence-electron chi connectivity index (χ1n) is 10.6. The zero-order valence-corrected chi connectivity index (χ0v) is 19.6. The van der Waals surface area contributed by atoms with Crippen LogP contribution in [0.25, 0.3) is 0 Å². The van der Waals surface area contributed by atoms with E-state index in [0.29, 0.717) is 36.4 Å². The monoisotopic (exact) mass is 442 g/mol. The Labute approximate surface area is 187 Å². The topological polar surface area (TPSA) is 77.9 Å². The van der Waals surface area contributed by atoms with Gasteiger partial charge in [0.15, 0.2) is 0 Å². The molecule has 1 aliphatic heterocycles. The summed E-state index contributed by atoms with van der Waals surface area (Å²) in [5, 5.41) is 9.86. The lowest BCUT2D eigenvalue weighted by molar-refractivity contribution is -0.131. The van der Waals surface area contributed by atoms with E-state index in [1.54, 1.807) is 18.0 Å². The Balaban J connectivity index is 2.07. The highest BCUT2D eigenvalue weighted by atomic mass is 32.1. The van der Waals surface area contributed by atoms with Crippen LogP contribution < -0.4 is 4.90 Å². The average Bonchev–Trinajstić information content (AvgIpc) is 3.26. The second-order valence-corrected chi connectivity index (χ2v) is 10.5. The second-order valence-electron chi connectivity index (χ2n) is 9.42. The van der Waals surface area contributed by atoms with Gasteiger partial charge in [0, 0.05) is 24.9 Å². The summed E-state index contributed by atoms with van der Waals surface area (Å²) in [6, 6.07) is 0.987. The smallest absolute Gasteiger partial charge is 0.348 e. The number of carbonyl (C=O) groups excluding carboxylic acids is 2. The number of carboxylic acids is 1. The number of allylic oxidation sites excluding steroid dienone is 2. The van der Waals surface area contributed by atoms with Gasteiger partial charge in [0.25, 0.3) is 0 Å². The summed E-state index contributed by atoms with van der Waals surface area (Å²) in [6.45, 7) is 8.53. The molecule has 1 aromatic rings. The molecule has 3 rings (SSSR count). The van der Waals surface area contributed by atoms with Gasteiger partial charge in [0.1, 0.15) is 10.9 Å². The number of carboxylic acid groups (broad SMARTS) is 1. The van der Waals surface area contributed by atoms with E-state index in [9.17, 15) is 19.5 Å². The fraction of sp³-hybridized carbons (Fsp3) is 0.542. The van der Waals surface area contributed by atoms with Crippen LogP contribution in [0.1, 0.15) is 67.9 Å². The number of thiophene rings is 1. The predicted octanol–water partition coefficient (Wildman–Crippen LogP) is 4.15. The second kappa shape index (κ2) is 8.88. The lowest BCUT2D eigenvalue weighted by Crippen LogP contribution is -2.48. The molecule has 0 unspecified atom stereocenters. The number of anilines is 1. The molecule has 2 heterocycles. The van der Waals surface area contributed by atoms with E-state index < -0.39 is 12.0 Å². The first-order valence-corrected chi connectivity index (χ1v) is 11.4. The van der Waals surface area contributed by atoms with Crippen molar-refractivity contribution in [2.45, 2.75) is 59.4 Å². The molecule has 2 atom stereocenters. The lowest BCUT2D eigenvalue weighted by Gasteiger charge is -2.32. The Morgan fingerprint density at radius 2 is 2.00 bits per heavy atom. The molecular formula is C24H30N2O4S. The van der Waals surface area contributed by atoms with Crippen LogP contribution in [0.15, 0.2) is 17.7 Å².